The third-order valence-corrected chi connectivity index (χ3v) is 3.35. The van der Waals surface area contributed by atoms with Gasteiger partial charge in [0, 0.05) is 32.2 Å². The van der Waals surface area contributed by atoms with Crippen molar-refractivity contribution in [1.82, 2.24) is 16.0 Å². The molecule has 6 heteroatoms. The van der Waals surface area contributed by atoms with Gasteiger partial charge in [-0.05, 0) is 32.6 Å². The predicted octanol–water partition coefficient (Wildman–Crippen LogP) is 1.91. The molecule has 0 aliphatic rings. The fraction of sp³-hybridized carbons (Fsp3) is 0.882. The third kappa shape index (κ3) is 14.0. The second kappa shape index (κ2) is 14.3. The van der Waals surface area contributed by atoms with Gasteiger partial charge in [-0.3, -0.25) is 9.79 Å². The highest BCUT2D eigenvalue weighted by Gasteiger charge is 2.05. The van der Waals surface area contributed by atoms with Gasteiger partial charge >= 0.3 is 0 Å². The van der Waals surface area contributed by atoms with E-state index in [0.717, 1.165) is 32.0 Å². The van der Waals surface area contributed by atoms with Gasteiger partial charge in [-0.2, -0.15) is 0 Å². The minimum absolute atomic E-state index is 0.0692. The van der Waals surface area contributed by atoms with E-state index >= 15 is 0 Å². The summed E-state index contributed by atoms with van der Waals surface area (Å²) in [5.74, 6) is 1.47. The largest absolute Gasteiger partial charge is 0.380 e. The van der Waals surface area contributed by atoms with Gasteiger partial charge in [0.25, 0.3) is 0 Å². The molecule has 0 rings (SSSR count). The number of ether oxygens (including phenoxy) is 1. The first-order valence-electron chi connectivity index (χ1n) is 8.88. The zero-order valence-electron chi connectivity index (χ0n) is 15.6. The number of hydrogen-bond donors (Lipinski definition) is 3. The third-order valence-electron chi connectivity index (χ3n) is 3.35. The average molecular weight is 329 g/mol. The Balaban J connectivity index is 3.91. The molecule has 23 heavy (non-hydrogen) atoms. The van der Waals surface area contributed by atoms with E-state index in [1.165, 1.54) is 0 Å². The predicted molar refractivity (Wildman–Crippen MR) is 96.8 cm³/mol. The molecule has 1 atom stereocenters. The Hall–Kier alpha value is -1.30. The second-order valence-corrected chi connectivity index (χ2v) is 6.11. The maximum absolute atomic E-state index is 11.7. The minimum Gasteiger partial charge on any atom is -0.380 e. The van der Waals surface area contributed by atoms with Crippen LogP contribution in [-0.4, -0.2) is 50.8 Å². The molecule has 0 aliphatic heterocycles. The molecule has 0 spiro atoms. The van der Waals surface area contributed by atoms with E-state index in [2.05, 4.69) is 41.7 Å². The van der Waals surface area contributed by atoms with Gasteiger partial charge in [0.1, 0.15) is 0 Å². The fourth-order valence-corrected chi connectivity index (χ4v) is 1.73. The molecule has 6 nitrogen and oxygen atoms in total. The number of carbonyl (C=O) groups is 1. The number of rotatable bonds is 12. The van der Waals surface area contributed by atoms with Crippen LogP contribution in [0.5, 0.6) is 0 Å². The lowest BCUT2D eigenvalue weighted by Gasteiger charge is -2.13. The van der Waals surface area contributed by atoms with Gasteiger partial charge in [0.2, 0.25) is 5.91 Å². The van der Waals surface area contributed by atoms with Gasteiger partial charge in [-0.25, -0.2) is 0 Å². The molecular formula is C17H36N4O2. The molecular weight excluding hydrogens is 292 g/mol. The maximum Gasteiger partial charge on any atom is 0.221 e. The summed E-state index contributed by atoms with van der Waals surface area (Å²) in [6.45, 7) is 13.8. The second-order valence-electron chi connectivity index (χ2n) is 6.11. The van der Waals surface area contributed by atoms with Crippen LogP contribution in [0.15, 0.2) is 4.99 Å². The first-order chi connectivity index (χ1) is 11.0. The normalized spacial score (nSPS) is 13.0. The number of aliphatic imine (C=N–C) groups is 1. The van der Waals surface area contributed by atoms with Crippen molar-refractivity contribution >= 4 is 11.9 Å². The number of amides is 1. The Morgan fingerprint density at radius 1 is 1.13 bits per heavy atom. The minimum atomic E-state index is 0.0692. The molecule has 1 amide bonds. The van der Waals surface area contributed by atoms with Crippen molar-refractivity contribution in [3.05, 3.63) is 0 Å². The topological polar surface area (TPSA) is 74.8 Å². The summed E-state index contributed by atoms with van der Waals surface area (Å²) < 4.78 is 5.55. The van der Waals surface area contributed by atoms with Crippen molar-refractivity contribution < 1.29 is 9.53 Å². The van der Waals surface area contributed by atoms with Gasteiger partial charge in [0.15, 0.2) is 5.96 Å². The number of nitrogens with one attached hydrogen (secondary N) is 3. The first-order valence-corrected chi connectivity index (χ1v) is 8.88. The van der Waals surface area contributed by atoms with Crippen LogP contribution in [0, 0.1) is 5.92 Å². The van der Waals surface area contributed by atoms with Crippen molar-refractivity contribution in [2.45, 2.75) is 59.9 Å². The highest BCUT2D eigenvalue weighted by molar-refractivity contribution is 5.81. The maximum atomic E-state index is 11.7. The number of guanidine groups is 1. The first kappa shape index (κ1) is 21.7. The highest BCUT2D eigenvalue weighted by Crippen LogP contribution is 1.98. The summed E-state index contributed by atoms with van der Waals surface area (Å²) in [6, 6.07) is 0.229. The summed E-state index contributed by atoms with van der Waals surface area (Å²) >= 11 is 0. The lowest BCUT2D eigenvalue weighted by Crippen LogP contribution is -2.40. The molecule has 0 saturated carbocycles. The molecule has 0 bridgehead atoms. The van der Waals surface area contributed by atoms with E-state index in [-0.39, 0.29) is 11.9 Å². The van der Waals surface area contributed by atoms with Gasteiger partial charge in [-0.1, -0.05) is 20.8 Å². The average Bonchev–Trinajstić information content (AvgIpc) is 2.50. The Morgan fingerprint density at radius 3 is 2.48 bits per heavy atom. The van der Waals surface area contributed by atoms with Crippen LogP contribution in [0.25, 0.3) is 0 Å². The Bertz CT molecular complexity index is 333. The van der Waals surface area contributed by atoms with E-state index < -0.39 is 0 Å². The molecule has 3 N–H and O–H groups in total. The lowest BCUT2D eigenvalue weighted by molar-refractivity contribution is -0.121. The fourth-order valence-electron chi connectivity index (χ4n) is 1.73. The van der Waals surface area contributed by atoms with Crippen LogP contribution >= 0.6 is 0 Å². The van der Waals surface area contributed by atoms with Crippen molar-refractivity contribution in [3.63, 3.8) is 0 Å². The Labute approximate surface area is 141 Å². The Morgan fingerprint density at radius 2 is 1.87 bits per heavy atom. The zero-order valence-corrected chi connectivity index (χ0v) is 15.6. The standard InChI is InChI=1S/C17H36N4O2/c1-6-15(5)21-16(22)8-10-19-17(18-7-2)20-11-13-23-12-9-14(3)4/h14-15H,6-13H2,1-5H3,(H,21,22)(H2,18,19,20). The number of carbonyl (C=O) groups excluding carboxylic acids is 1. The van der Waals surface area contributed by atoms with Crippen LogP contribution in [0.4, 0.5) is 0 Å². The molecule has 1 unspecified atom stereocenters. The molecule has 136 valence electrons. The SMILES string of the molecule is CCNC(=NCCOCCC(C)C)NCCC(=O)NC(C)CC. The van der Waals surface area contributed by atoms with Crippen molar-refractivity contribution in [2.24, 2.45) is 10.9 Å². The molecule has 0 aromatic carbocycles. The van der Waals surface area contributed by atoms with E-state index in [1.54, 1.807) is 0 Å². The van der Waals surface area contributed by atoms with E-state index in [9.17, 15) is 4.79 Å². The van der Waals surface area contributed by atoms with E-state index in [1.807, 2.05) is 13.8 Å². The van der Waals surface area contributed by atoms with Crippen LogP contribution in [0.1, 0.15) is 53.9 Å². The van der Waals surface area contributed by atoms with Gasteiger partial charge in [-0.15, -0.1) is 0 Å². The van der Waals surface area contributed by atoms with Crippen molar-refractivity contribution in [3.8, 4) is 0 Å². The molecule has 0 aliphatic carbocycles. The summed E-state index contributed by atoms with van der Waals surface area (Å²) in [5.41, 5.74) is 0. The Kier molecular flexibility index (Phi) is 13.5. The summed E-state index contributed by atoms with van der Waals surface area (Å²) in [5, 5.41) is 9.29. The molecule has 0 saturated heterocycles. The van der Waals surface area contributed by atoms with Crippen LogP contribution in [-0.2, 0) is 9.53 Å². The van der Waals surface area contributed by atoms with Crippen LogP contribution in [0.3, 0.4) is 0 Å². The highest BCUT2D eigenvalue weighted by atomic mass is 16.5. The smallest absolute Gasteiger partial charge is 0.221 e. The lowest BCUT2D eigenvalue weighted by atomic mass is 10.1. The molecule has 0 aromatic rings. The molecule has 0 radical (unpaired) electrons. The molecule has 0 aromatic heterocycles. The number of nitrogens with zero attached hydrogens (tertiary/aromatic N) is 1. The van der Waals surface area contributed by atoms with Gasteiger partial charge < -0.3 is 20.7 Å². The monoisotopic (exact) mass is 328 g/mol. The molecule has 0 fully saturated rings. The summed E-state index contributed by atoms with van der Waals surface area (Å²) in [6.07, 6.45) is 2.47. The van der Waals surface area contributed by atoms with Gasteiger partial charge in [0.05, 0.1) is 13.2 Å². The van der Waals surface area contributed by atoms with Crippen molar-refractivity contribution in [1.29, 1.82) is 0 Å². The summed E-state index contributed by atoms with van der Waals surface area (Å²) in [7, 11) is 0. The van der Waals surface area contributed by atoms with Crippen LogP contribution < -0.4 is 16.0 Å². The van der Waals surface area contributed by atoms with Crippen molar-refractivity contribution in [2.75, 3.05) is 32.8 Å². The van der Waals surface area contributed by atoms with Crippen LogP contribution in [0.2, 0.25) is 0 Å². The zero-order chi connectivity index (χ0) is 17.5. The van der Waals surface area contributed by atoms with E-state index in [4.69, 9.17) is 4.74 Å². The number of hydrogen-bond acceptors (Lipinski definition) is 3. The quantitative estimate of drug-likeness (QED) is 0.291. The molecule has 0 heterocycles. The van der Waals surface area contributed by atoms with E-state index in [0.29, 0.717) is 32.0 Å². The summed E-state index contributed by atoms with van der Waals surface area (Å²) in [4.78, 5) is 16.1.